The van der Waals surface area contributed by atoms with Crippen LogP contribution in [-0.2, 0) is 0 Å². The summed E-state index contributed by atoms with van der Waals surface area (Å²) in [6, 6.07) is 11.0. The number of benzene rings is 2. The number of phenolic OH excluding ortho intramolecular Hbond substituents is 2. The number of allylic oxidation sites excluding steroid dienone is 1. The quantitative estimate of drug-likeness (QED) is 0.662. The smallest absolute Gasteiger partial charge is 0.185 e. The maximum atomic E-state index is 11.9. The minimum atomic E-state index is -0.216. The number of methoxy groups -OCH3 is 1. The van der Waals surface area contributed by atoms with Crippen molar-refractivity contribution in [2.24, 2.45) is 0 Å². The Bertz CT molecular complexity index is 642. The molecule has 0 aliphatic heterocycles. The lowest BCUT2D eigenvalue weighted by atomic mass is 10.1. The Labute approximate surface area is 116 Å². The topological polar surface area (TPSA) is 66.8 Å². The molecule has 0 aromatic heterocycles. The Balaban J connectivity index is 2.21. The van der Waals surface area contributed by atoms with Crippen LogP contribution in [0.2, 0.25) is 0 Å². The number of carbonyl (C=O) groups excluding carboxylic acids is 1. The lowest BCUT2D eigenvalue weighted by Gasteiger charge is -2.05. The summed E-state index contributed by atoms with van der Waals surface area (Å²) in [5, 5.41) is 19.1. The molecule has 0 amide bonds. The Kier molecular flexibility index (Phi) is 4.05. The standard InChI is InChI=1S/C16H14O4/c1-20-15-4-2-3-12(16(15)19)7-10-14(18)11-5-8-13(17)9-6-11/h2-10,17,19H,1H3. The Hall–Kier alpha value is -2.75. The van der Waals surface area contributed by atoms with E-state index in [0.29, 0.717) is 16.9 Å². The van der Waals surface area contributed by atoms with Crippen molar-refractivity contribution < 1.29 is 19.7 Å². The average Bonchev–Trinajstić information content (AvgIpc) is 2.46. The average molecular weight is 270 g/mol. The van der Waals surface area contributed by atoms with E-state index in [2.05, 4.69) is 0 Å². The zero-order valence-electron chi connectivity index (χ0n) is 10.9. The largest absolute Gasteiger partial charge is 0.508 e. The van der Waals surface area contributed by atoms with Crippen molar-refractivity contribution in [2.75, 3.05) is 7.11 Å². The first-order valence-corrected chi connectivity index (χ1v) is 5.99. The molecule has 0 unspecified atom stereocenters. The van der Waals surface area contributed by atoms with E-state index in [1.165, 1.54) is 43.5 Å². The number of rotatable bonds is 4. The first kappa shape index (κ1) is 13.7. The predicted molar refractivity (Wildman–Crippen MR) is 76.1 cm³/mol. The summed E-state index contributed by atoms with van der Waals surface area (Å²) in [5.41, 5.74) is 0.956. The number of phenols is 2. The van der Waals surface area contributed by atoms with Crippen molar-refractivity contribution in [3.05, 3.63) is 59.7 Å². The molecular formula is C16H14O4. The van der Waals surface area contributed by atoms with E-state index >= 15 is 0 Å². The highest BCUT2D eigenvalue weighted by molar-refractivity contribution is 6.07. The van der Waals surface area contributed by atoms with E-state index in [9.17, 15) is 9.90 Å². The van der Waals surface area contributed by atoms with E-state index in [0.717, 1.165) is 0 Å². The molecule has 0 bridgehead atoms. The normalized spacial score (nSPS) is 10.7. The van der Waals surface area contributed by atoms with Crippen LogP contribution >= 0.6 is 0 Å². The fourth-order valence-corrected chi connectivity index (χ4v) is 1.73. The van der Waals surface area contributed by atoms with Crippen molar-refractivity contribution >= 4 is 11.9 Å². The third-order valence-electron chi connectivity index (χ3n) is 2.82. The van der Waals surface area contributed by atoms with Gasteiger partial charge < -0.3 is 14.9 Å². The van der Waals surface area contributed by atoms with Gasteiger partial charge in [0.2, 0.25) is 0 Å². The summed E-state index contributed by atoms with van der Waals surface area (Å²) < 4.78 is 4.99. The lowest BCUT2D eigenvalue weighted by molar-refractivity contribution is 0.104. The second kappa shape index (κ2) is 5.93. The van der Waals surface area contributed by atoms with Crippen molar-refractivity contribution in [1.29, 1.82) is 0 Å². The molecule has 0 radical (unpaired) electrons. The minimum absolute atomic E-state index is 0.00949. The monoisotopic (exact) mass is 270 g/mol. The fraction of sp³-hybridized carbons (Fsp3) is 0.0625. The second-order valence-electron chi connectivity index (χ2n) is 4.14. The highest BCUT2D eigenvalue weighted by atomic mass is 16.5. The third kappa shape index (κ3) is 2.98. The van der Waals surface area contributed by atoms with Gasteiger partial charge in [-0.2, -0.15) is 0 Å². The number of hydrogen-bond donors (Lipinski definition) is 2. The first-order chi connectivity index (χ1) is 9.61. The summed E-state index contributed by atoms with van der Waals surface area (Å²) in [7, 11) is 1.46. The maximum absolute atomic E-state index is 11.9. The molecule has 4 heteroatoms. The van der Waals surface area contributed by atoms with Crippen LogP contribution in [0, 0.1) is 0 Å². The molecule has 0 heterocycles. The van der Waals surface area contributed by atoms with Crippen LogP contribution in [0.3, 0.4) is 0 Å². The van der Waals surface area contributed by atoms with Crippen LogP contribution in [0.4, 0.5) is 0 Å². The SMILES string of the molecule is COc1cccc(C=CC(=O)c2ccc(O)cc2)c1O. The molecule has 0 saturated carbocycles. The molecule has 0 atom stereocenters. The van der Waals surface area contributed by atoms with Gasteiger partial charge in [0.05, 0.1) is 7.11 Å². The van der Waals surface area contributed by atoms with Gasteiger partial charge >= 0.3 is 0 Å². The van der Waals surface area contributed by atoms with Crippen LogP contribution < -0.4 is 4.74 Å². The molecule has 0 aliphatic rings. The molecule has 0 spiro atoms. The van der Waals surface area contributed by atoms with Gasteiger partial charge in [-0.1, -0.05) is 12.1 Å². The zero-order chi connectivity index (χ0) is 14.5. The van der Waals surface area contributed by atoms with Crippen LogP contribution in [-0.4, -0.2) is 23.1 Å². The number of hydrogen-bond acceptors (Lipinski definition) is 4. The van der Waals surface area contributed by atoms with Gasteiger partial charge in [0.25, 0.3) is 0 Å². The molecule has 2 aromatic rings. The molecule has 2 rings (SSSR count). The highest BCUT2D eigenvalue weighted by Crippen LogP contribution is 2.30. The predicted octanol–water partition coefficient (Wildman–Crippen LogP) is 3.00. The van der Waals surface area contributed by atoms with Gasteiger partial charge in [-0.15, -0.1) is 0 Å². The van der Waals surface area contributed by atoms with Crippen molar-refractivity contribution in [3.63, 3.8) is 0 Å². The second-order valence-corrected chi connectivity index (χ2v) is 4.14. The lowest BCUT2D eigenvalue weighted by Crippen LogP contribution is -1.93. The van der Waals surface area contributed by atoms with E-state index in [-0.39, 0.29) is 17.3 Å². The highest BCUT2D eigenvalue weighted by Gasteiger charge is 2.06. The fourth-order valence-electron chi connectivity index (χ4n) is 1.73. The molecule has 102 valence electrons. The number of aromatic hydroxyl groups is 2. The van der Waals surface area contributed by atoms with E-state index in [1.807, 2.05) is 0 Å². The molecule has 20 heavy (non-hydrogen) atoms. The van der Waals surface area contributed by atoms with E-state index in [1.54, 1.807) is 18.2 Å². The summed E-state index contributed by atoms with van der Waals surface area (Å²) in [5.74, 6) is 0.233. The molecular weight excluding hydrogens is 256 g/mol. The molecule has 2 aromatic carbocycles. The van der Waals surface area contributed by atoms with Crippen LogP contribution in [0.5, 0.6) is 17.2 Å². The molecule has 2 N–H and O–H groups in total. The number of ether oxygens (including phenoxy) is 1. The molecule has 0 aliphatic carbocycles. The number of para-hydroxylation sites is 1. The molecule has 0 fully saturated rings. The maximum Gasteiger partial charge on any atom is 0.185 e. The third-order valence-corrected chi connectivity index (χ3v) is 2.82. The Morgan fingerprint density at radius 1 is 1.10 bits per heavy atom. The summed E-state index contributed by atoms with van der Waals surface area (Å²) in [4.78, 5) is 11.9. The van der Waals surface area contributed by atoms with Gasteiger partial charge in [-0.3, -0.25) is 4.79 Å². The van der Waals surface area contributed by atoms with Crippen LogP contribution in [0.15, 0.2) is 48.5 Å². The van der Waals surface area contributed by atoms with Gasteiger partial charge in [0.1, 0.15) is 5.75 Å². The summed E-state index contributed by atoms with van der Waals surface area (Å²) >= 11 is 0. The van der Waals surface area contributed by atoms with Crippen molar-refractivity contribution in [1.82, 2.24) is 0 Å². The van der Waals surface area contributed by atoms with Crippen LogP contribution in [0.1, 0.15) is 15.9 Å². The summed E-state index contributed by atoms with van der Waals surface area (Å²) in [6.07, 6.45) is 2.88. The first-order valence-electron chi connectivity index (χ1n) is 5.99. The van der Waals surface area contributed by atoms with Crippen molar-refractivity contribution in [2.45, 2.75) is 0 Å². The van der Waals surface area contributed by atoms with E-state index < -0.39 is 0 Å². The summed E-state index contributed by atoms with van der Waals surface area (Å²) in [6.45, 7) is 0. The van der Waals surface area contributed by atoms with Crippen molar-refractivity contribution in [3.8, 4) is 17.2 Å². The zero-order valence-corrected chi connectivity index (χ0v) is 10.9. The van der Waals surface area contributed by atoms with E-state index in [4.69, 9.17) is 9.84 Å². The van der Waals surface area contributed by atoms with Gasteiger partial charge in [0.15, 0.2) is 17.3 Å². The molecule has 4 nitrogen and oxygen atoms in total. The Morgan fingerprint density at radius 2 is 1.80 bits per heavy atom. The van der Waals surface area contributed by atoms with Gasteiger partial charge in [-0.25, -0.2) is 0 Å². The number of carbonyl (C=O) groups is 1. The molecule has 0 saturated heterocycles. The number of ketones is 1. The van der Waals surface area contributed by atoms with Crippen LogP contribution in [0.25, 0.3) is 6.08 Å². The van der Waals surface area contributed by atoms with Gasteiger partial charge in [-0.05, 0) is 42.5 Å². The van der Waals surface area contributed by atoms with Gasteiger partial charge in [0, 0.05) is 11.1 Å². The Morgan fingerprint density at radius 3 is 2.45 bits per heavy atom. The minimum Gasteiger partial charge on any atom is -0.508 e.